The van der Waals surface area contributed by atoms with E-state index in [0.29, 0.717) is 24.1 Å². The van der Waals surface area contributed by atoms with Gasteiger partial charge < -0.3 is 10.2 Å². The molecule has 1 aromatic rings. The van der Waals surface area contributed by atoms with Crippen LogP contribution in [-0.4, -0.2) is 30.9 Å². The van der Waals surface area contributed by atoms with Crippen LogP contribution in [0.15, 0.2) is 24.3 Å². The highest BCUT2D eigenvalue weighted by atomic mass is 16.1. The van der Waals surface area contributed by atoms with E-state index in [1.54, 1.807) is 24.3 Å². The van der Waals surface area contributed by atoms with E-state index in [-0.39, 0.29) is 5.91 Å². The molecule has 0 bridgehead atoms. The summed E-state index contributed by atoms with van der Waals surface area (Å²) in [6, 6.07) is 10.9. The molecule has 0 fully saturated rings. The number of nitriles is 2. The molecule has 1 aromatic carbocycles. The number of nitrogens with zero attached hydrogens (tertiary/aromatic N) is 3. The fraction of sp³-hybridized carbons (Fsp3) is 0.400. The first-order valence-electron chi connectivity index (χ1n) is 6.51. The molecule has 5 nitrogen and oxygen atoms in total. The number of amides is 1. The Morgan fingerprint density at radius 2 is 1.95 bits per heavy atom. The Bertz CT molecular complexity index is 510. The van der Waals surface area contributed by atoms with Gasteiger partial charge in [-0.1, -0.05) is 0 Å². The third-order valence-corrected chi connectivity index (χ3v) is 2.85. The van der Waals surface area contributed by atoms with Crippen LogP contribution in [0.3, 0.4) is 0 Å². The summed E-state index contributed by atoms with van der Waals surface area (Å²) in [5.74, 6) is -0.0385. The lowest BCUT2D eigenvalue weighted by molar-refractivity contribution is -0.116. The van der Waals surface area contributed by atoms with E-state index < -0.39 is 0 Å². The average molecular weight is 270 g/mol. The van der Waals surface area contributed by atoms with Crippen LogP contribution in [0.1, 0.15) is 24.8 Å². The van der Waals surface area contributed by atoms with E-state index in [4.69, 9.17) is 10.5 Å². The van der Waals surface area contributed by atoms with Gasteiger partial charge in [-0.25, -0.2) is 0 Å². The van der Waals surface area contributed by atoms with Crippen molar-refractivity contribution in [2.75, 3.05) is 25.5 Å². The number of carbonyl (C=O) groups is 1. The molecule has 0 saturated heterocycles. The molecule has 104 valence electrons. The summed E-state index contributed by atoms with van der Waals surface area (Å²) in [7, 11) is 1.94. The molecule has 0 aliphatic carbocycles. The van der Waals surface area contributed by atoms with Crippen LogP contribution in [0.5, 0.6) is 0 Å². The van der Waals surface area contributed by atoms with Crippen molar-refractivity contribution in [1.29, 1.82) is 10.5 Å². The first-order chi connectivity index (χ1) is 9.65. The third-order valence-electron chi connectivity index (χ3n) is 2.85. The Balaban J connectivity index is 2.26. The van der Waals surface area contributed by atoms with Crippen molar-refractivity contribution < 1.29 is 4.79 Å². The Morgan fingerprint density at radius 1 is 1.25 bits per heavy atom. The molecule has 20 heavy (non-hydrogen) atoms. The zero-order chi connectivity index (χ0) is 14.8. The molecule has 0 aromatic heterocycles. The topological polar surface area (TPSA) is 79.9 Å². The number of rotatable bonds is 7. The van der Waals surface area contributed by atoms with Crippen molar-refractivity contribution in [3.05, 3.63) is 29.8 Å². The maximum atomic E-state index is 11.7. The molecule has 0 saturated carbocycles. The van der Waals surface area contributed by atoms with Gasteiger partial charge in [-0.2, -0.15) is 10.5 Å². The smallest absolute Gasteiger partial charge is 0.224 e. The maximum absolute atomic E-state index is 11.7. The SMILES string of the molecule is CN(CCC#N)CCCC(=O)Nc1ccc(C#N)cc1. The standard InChI is InChI=1S/C15H18N4O/c1-19(11-3-9-16)10-2-4-15(20)18-14-7-5-13(12-17)6-8-14/h5-8H,2-4,10-11H2,1H3,(H,18,20). The van der Waals surface area contributed by atoms with Crippen LogP contribution < -0.4 is 5.32 Å². The molecule has 0 aliphatic rings. The molecular weight excluding hydrogens is 252 g/mol. The summed E-state index contributed by atoms with van der Waals surface area (Å²) < 4.78 is 0. The van der Waals surface area contributed by atoms with Crippen molar-refractivity contribution in [3.63, 3.8) is 0 Å². The summed E-state index contributed by atoms with van der Waals surface area (Å²) in [5.41, 5.74) is 1.27. The molecule has 0 radical (unpaired) electrons. The Hall–Kier alpha value is -2.37. The van der Waals surface area contributed by atoms with E-state index >= 15 is 0 Å². The van der Waals surface area contributed by atoms with Crippen molar-refractivity contribution in [2.24, 2.45) is 0 Å². The summed E-state index contributed by atoms with van der Waals surface area (Å²) in [4.78, 5) is 13.8. The minimum absolute atomic E-state index is 0.0385. The number of anilines is 1. The summed E-state index contributed by atoms with van der Waals surface area (Å²) >= 11 is 0. The van der Waals surface area contributed by atoms with Crippen molar-refractivity contribution in [2.45, 2.75) is 19.3 Å². The first-order valence-corrected chi connectivity index (χ1v) is 6.51. The zero-order valence-electron chi connectivity index (χ0n) is 11.6. The quantitative estimate of drug-likeness (QED) is 0.823. The highest BCUT2D eigenvalue weighted by Crippen LogP contribution is 2.09. The second-order valence-corrected chi connectivity index (χ2v) is 4.55. The maximum Gasteiger partial charge on any atom is 0.224 e. The fourth-order valence-corrected chi connectivity index (χ4v) is 1.71. The summed E-state index contributed by atoms with van der Waals surface area (Å²) in [5, 5.41) is 19.9. The molecular formula is C15H18N4O. The number of carbonyl (C=O) groups excluding carboxylic acids is 1. The van der Waals surface area contributed by atoms with Gasteiger partial charge in [0.1, 0.15) is 0 Å². The highest BCUT2D eigenvalue weighted by Gasteiger charge is 2.04. The van der Waals surface area contributed by atoms with E-state index in [1.807, 2.05) is 18.0 Å². The van der Waals surface area contributed by atoms with Crippen LogP contribution in [0.2, 0.25) is 0 Å². The minimum atomic E-state index is -0.0385. The van der Waals surface area contributed by atoms with Crippen molar-refractivity contribution >= 4 is 11.6 Å². The fourth-order valence-electron chi connectivity index (χ4n) is 1.71. The molecule has 1 rings (SSSR count). The Labute approximate surface area is 119 Å². The average Bonchev–Trinajstić information content (AvgIpc) is 2.46. The molecule has 0 heterocycles. The van der Waals surface area contributed by atoms with Gasteiger partial charge in [0.2, 0.25) is 5.91 Å². The van der Waals surface area contributed by atoms with E-state index in [1.165, 1.54) is 0 Å². The van der Waals surface area contributed by atoms with Crippen LogP contribution in [0.4, 0.5) is 5.69 Å². The number of nitrogens with one attached hydrogen (secondary N) is 1. The summed E-state index contributed by atoms with van der Waals surface area (Å²) in [6.45, 7) is 1.52. The molecule has 0 spiro atoms. The second kappa shape index (κ2) is 8.68. The van der Waals surface area contributed by atoms with Gasteiger partial charge >= 0.3 is 0 Å². The lowest BCUT2D eigenvalue weighted by Crippen LogP contribution is -2.22. The van der Waals surface area contributed by atoms with Gasteiger partial charge in [0.25, 0.3) is 0 Å². The van der Waals surface area contributed by atoms with E-state index in [9.17, 15) is 4.79 Å². The number of hydrogen-bond donors (Lipinski definition) is 1. The third kappa shape index (κ3) is 5.99. The van der Waals surface area contributed by atoms with Crippen LogP contribution >= 0.6 is 0 Å². The number of benzene rings is 1. The monoisotopic (exact) mass is 270 g/mol. The largest absolute Gasteiger partial charge is 0.326 e. The van der Waals surface area contributed by atoms with Crippen LogP contribution in [-0.2, 0) is 4.79 Å². The minimum Gasteiger partial charge on any atom is -0.326 e. The molecule has 0 aliphatic heterocycles. The normalized spacial score (nSPS) is 9.80. The van der Waals surface area contributed by atoms with Gasteiger partial charge in [-0.05, 0) is 44.3 Å². The Morgan fingerprint density at radius 3 is 2.55 bits per heavy atom. The van der Waals surface area contributed by atoms with Gasteiger partial charge in [0, 0.05) is 25.1 Å². The van der Waals surface area contributed by atoms with Crippen molar-refractivity contribution in [1.82, 2.24) is 4.90 Å². The second-order valence-electron chi connectivity index (χ2n) is 4.55. The zero-order valence-corrected chi connectivity index (χ0v) is 11.6. The summed E-state index contributed by atoms with van der Waals surface area (Å²) in [6.07, 6.45) is 1.70. The molecule has 1 N–H and O–H groups in total. The number of hydrogen-bond acceptors (Lipinski definition) is 4. The van der Waals surface area contributed by atoms with Crippen LogP contribution in [0.25, 0.3) is 0 Å². The van der Waals surface area contributed by atoms with Gasteiger partial charge in [-0.15, -0.1) is 0 Å². The Kier molecular flexibility index (Phi) is 6.81. The van der Waals surface area contributed by atoms with Gasteiger partial charge in [-0.3, -0.25) is 4.79 Å². The first kappa shape index (κ1) is 15.7. The molecule has 5 heteroatoms. The highest BCUT2D eigenvalue weighted by molar-refractivity contribution is 5.90. The van der Waals surface area contributed by atoms with Gasteiger partial charge in [0.15, 0.2) is 0 Å². The molecule has 0 unspecified atom stereocenters. The van der Waals surface area contributed by atoms with Crippen molar-refractivity contribution in [3.8, 4) is 12.1 Å². The van der Waals surface area contributed by atoms with E-state index in [2.05, 4.69) is 11.4 Å². The predicted molar refractivity (Wildman–Crippen MR) is 76.7 cm³/mol. The molecule has 0 atom stereocenters. The van der Waals surface area contributed by atoms with Crippen LogP contribution in [0, 0.1) is 22.7 Å². The van der Waals surface area contributed by atoms with Gasteiger partial charge in [0.05, 0.1) is 17.7 Å². The van der Waals surface area contributed by atoms with E-state index in [0.717, 1.165) is 19.5 Å². The lowest BCUT2D eigenvalue weighted by atomic mass is 10.2. The lowest BCUT2D eigenvalue weighted by Gasteiger charge is -2.14. The predicted octanol–water partition coefficient (Wildman–Crippen LogP) is 2.12. The molecule has 1 amide bonds.